The van der Waals surface area contributed by atoms with Crippen molar-refractivity contribution in [3.63, 3.8) is 0 Å². The van der Waals surface area contributed by atoms with E-state index in [0.29, 0.717) is 11.3 Å². The third-order valence-corrected chi connectivity index (χ3v) is 3.59. The van der Waals surface area contributed by atoms with Crippen LogP contribution in [0.25, 0.3) is 33.3 Å². The Hall–Kier alpha value is -3.08. The van der Waals surface area contributed by atoms with Gasteiger partial charge in [-0.2, -0.15) is 0 Å². The second-order valence-corrected chi connectivity index (χ2v) is 4.84. The molecule has 4 aromatic rings. The molecule has 0 unspecified atom stereocenters. The molecule has 21 heavy (non-hydrogen) atoms. The molecule has 5 nitrogen and oxygen atoms in total. The van der Waals surface area contributed by atoms with Gasteiger partial charge in [0, 0.05) is 22.7 Å². The Morgan fingerprint density at radius 2 is 1.86 bits per heavy atom. The molecule has 0 saturated carbocycles. The molecule has 0 spiro atoms. The smallest absolute Gasteiger partial charge is 0.337 e. The largest absolute Gasteiger partial charge is 0.478 e. The van der Waals surface area contributed by atoms with Crippen molar-refractivity contribution in [2.45, 2.75) is 0 Å². The first-order valence-corrected chi connectivity index (χ1v) is 6.52. The van der Waals surface area contributed by atoms with Crippen molar-refractivity contribution in [2.24, 2.45) is 0 Å². The first kappa shape index (κ1) is 11.7. The summed E-state index contributed by atoms with van der Waals surface area (Å²) in [6, 6.07) is 13.0. The second kappa shape index (κ2) is 4.21. The second-order valence-electron chi connectivity index (χ2n) is 4.84. The SMILES string of the molecule is O=C(O)c1cccc2[nH]c(-c3c[nH]c4ccccc34)nc12. The van der Waals surface area contributed by atoms with Gasteiger partial charge in [-0.05, 0) is 18.2 Å². The van der Waals surface area contributed by atoms with Crippen molar-refractivity contribution in [1.29, 1.82) is 0 Å². The van der Waals surface area contributed by atoms with Gasteiger partial charge in [0.15, 0.2) is 0 Å². The van der Waals surface area contributed by atoms with Crippen LogP contribution in [0.15, 0.2) is 48.7 Å². The number of nitrogens with zero attached hydrogens (tertiary/aromatic N) is 1. The van der Waals surface area contributed by atoms with Crippen LogP contribution in [-0.2, 0) is 0 Å². The summed E-state index contributed by atoms with van der Waals surface area (Å²) in [6.45, 7) is 0. The summed E-state index contributed by atoms with van der Waals surface area (Å²) >= 11 is 0. The Balaban J connectivity index is 1.99. The normalized spacial score (nSPS) is 11.2. The van der Waals surface area contributed by atoms with Crippen molar-refractivity contribution in [3.05, 3.63) is 54.2 Å². The van der Waals surface area contributed by atoms with Crippen LogP contribution in [0.4, 0.5) is 0 Å². The maximum Gasteiger partial charge on any atom is 0.337 e. The molecule has 5 heteroatoms. The van der Waals surface area contributed by atoms with Crippen molar-refractivity contribution in [2.75, 3.05) is 0 Å². The first-order valence-electron chi connectivity index (χ1n) is 6.52. The standard InChI is InChI=1S/C16H11N3O2/c20-16(21)10-5-3-7-13-14(10)19-15(18-13)11-8-17-12-6-2-1-4-9(11)12/h1-8,17H,(H,18,19)(H,20,21). The number of hydrogen-bond acceptors (Lipinski definition) is 2. The molecule has 2 heterocycles. The van der Waals surface area contributed by atoms with Gasteiger partial charge in [0.2, 0.25) is 0 Å². The number of rotatable bonds is 2. The Morgan fingerprint density at radius 1 is 1.05 bits per heavy atom. The molecular weight excluding hydrogens is 266 g/mol. The molecule has 0 aliphatic rings. The van der Waals surface area contributed by atoms with Gasteiger partial charge in [-0.1, -0.05) is 24.3 Å². The molecule has 2 aromatic heterocycles. The number of para-hydroxylation sites is 2. The molecule has 0 radical (unpaired) electrons. The highest BCUT2D eigenvalue weighted by molar-refractivity contribution is 6.02. The zero-order chi connectivity index (χ0) is 14.4. The third-order valence-electron chi connectivity index (χ3n) is 3.59. The lowest BCUT2D eigenvalue weighted by Crippen LogP contribution is -1.96. The van der Waals surface area contributed by atoms with Crippen LogP contribution in [-0.4, -0.2) is 26.0 Å². The minimum absolute atomic E-state index is 0.204. The van der Waals surface area contributed by atoms with Gasteiger partial charge in [-0.3, -0.25) is 0 Å². The Kier molecular flexibility index (Phi) is 2.35. The van der Waals surface area contributed by atoms with Gasteiger partial charge in [0.05, 0.1) is 11.1 Å². The van der Waals surface area contributed by atoms with Crippen LogP contribution >= 0.6 is 0 Å². The first-order chi connectivity index (χ1) is 10.2. The minimum atomic E-state index is -0.974. The van der Waals surface area contributed by atoms with E-state index in [2.05, 4.69) is 15.0 Å². The molecule has 0 aliphatic carbocycles. The molecule has 0 saturated heterocycles. The van der Waals surface area contributed by atoms with Crippen molar-refractivity contribution >= 4 is 27.9 Å². The van der Waals surface area contributed by atoms with Crippen molar-refractivity contribution in [1.82, 2.24) is 15.0 Å². The zero-order valence-corrected chi connectivity index (χ0v) is 10.9. The minimum Gasteiger partial charge on any atom is -0.478 e. The van der Waals surface area contributed by atoms with Gasteiger partial charge in [0.1, 0.15) is 11.3 Å². The van der Waals surface area contributed by atoms with Gasteiger partial charge in [0.25, 0.3) is 0 Å². The molecule has 4 rings (SSSR count). The van der Waals surface area contributed by atoms with Crippen LogP contribution in [0, 0.1) is 0 Å². The molecule has 102 valence electrons. The number of carbonyl (C=O) groups is 1. The summed E-state index contributed by atoms with van der Waals surface area (Å²) in [4.78, 5) is 22.1. The van der Waals surface area contributed by atoms with E-state index in [1.54, 1.807) is 12.1 Å². The van der Waals surface area contributed by atoms with Crippen LogP contribution < -0.4 is 0 Å². The summed E-state index contributed by atoms with van der Waals surface area (Å²) in [5.41, 5.74) is 3.35. The lowest BCUT2D eigenvalue weighted by atomic mass is 10.2. The summed E-state index contributed by atoms with van der Waals surface area (Å²) in [7, 11) is 0. The molecular formula is C16H11N3O2. The third kappa shape index (κ3) is 1.71. The van der Waals surface area contributed by atoms with E-state index in [1.165, 1.54) is 0 Å². The Labute approximate surface area is 119 Å². The monoisotopic (exact) mass is 277 g/mol. The molecule has 0 amide bonds. The number of nitrogens with one attached hydrogen (secondary N) is 2. The van der Waals surface area contributed by atoms with E-state index in [4.69, 9.17) is 0 Å². The van der Waals surface area contributed by atoms with Gasteiger partial charge >= 0.3 is 5.97 Å². The number of aromatic amines is 2. The summed E-state index contributed by atoms with van der Waals surface area (Å²) in [5, 5.41) is 10.3. The Bertz CT molecular complexity index is 981. The van der Waals surface area contributed by atoms with Crippen LogP contribution in [0.2, 0.25) is 0 Å². The number of aromatic carboxylic acids is 1. The lowest BCUT2D eigenvalue weighted by molar-refractivity contribution is 0.0699. The average Bonchev–Trinajstić information content (AvgIpc) is 3.09. The predicted octanol–water partition coefficient (Wildman–Crippen LogP) is 3.41. The molecule has 2 aromatic carbocycles. The zero-order valence-electron chi connectivity index (χ0n) is 10.9. The molecule has 0 fully saturated rings. The Morgan fingerprint density at radius 3 is 2.71 bits per heavy atom. The fourth-order valence-electron chi connectivity index (χ4n) is 2.60. The predicted molar refractivity (Wildman–Crippen MR) is 80.3 cm³/mol. The summed E-state index contributed by atoms with van der Waals surface area (Å²) in [5.74, 6) is -0.311. The van der Waals surface area contributed by atoms with E-state index in [9.17, 15) is 9.90 Å². The maximum atomic E-state index is 11.3. The number of H-pyrrole nitrogens is 2. The lowest BCUT2D eigenvalue weighted by Gasteiger charge is -1.93. The van der Waals surface area contributed by atoms with Gasteiger partial charge in [-0.25, -0.2) is 9.78 Å². The highest BCUT2D eigenvalue weighted by Gasteiger charge is 2.15. The molecule has 0 aliphatic heterocycles. The average molecular weight is 277 g/mol. The maximum absolute atomic E-state index is 11.3. The number of carboxylic acids is 1. The number of imidazole rings is 1. The molecule has 3 N–H and O–H groups in total. The number of hydrogen-bond donors (Lipinski definition) is 3. The molecule has 0 bridgehead atoms. The molecule has 0 atom stereocenters. The highest BCUT2D eigenvalue weighted by atomic mass is 16.4. The fraction of sp³-hybridized carbons (Fsp3) is 0. The number of fused-ring (bicyclic) bond motifs is 2. The number of benzene rings is 2. The van der Waals surface area contributed by atoms with Crippen LogP contribution in [0.5, 0.6) is 0 Å². The number of aromatic nitrogens is 3. The van der Waals surface area contributed by atoms with Crippen LogP contribution in [0.1, 0.15) is 10.4 Å². The summed E-state index contributed by atoms with van der Waals surface area (Å²) in [6.07, 6.45) is 1.88. The van der Waals surface area contributed by atoms with Gasteiger partial charge in [-0.15, -0.1) is 0 Å². The van der Waals surface area contributed by atoms with Crippen LogP contribution in [0.3, 0.4) is 0 Å². The van der Waals surface area contributed by atoms with Crippen molar-refractivity contribution < 1.29 is 9.90 Å². The number of carboxylic acid groups (broad SMARTS) is 1. The van der Waals surface area contributed by atoms with Crippen molar-refractivity contribution in [3.8, 4) is 11.4 Å². The van der Waals surface area contributed by atoms with E-state index in [1.807, 2.05) is 36.5 Å². The van der Waals surface area contributed by atoms with Gasteiger partial charge < -0.3 is 15.1 Å². The summed E-state index contributed by atoms with van der Waals surface area (Å²) < 4.78 is 0. The van der Waals surface area contributed by atoms with E-state index in [0.717, 1.165) is 22.0 Å². The quantitative estimate of drug-likeness (QED) is 0.525. The fourth-order valence-corrected chi connectivity index (χ4v) is 2.60. The van der Waals surface area contributed by atoms with E-state index < -0.39 is 5.97 Å². The topological polar surface area (TPSA) is 81.8 Å². The highest BCUT2D eigenvalue weighted by Crippen LogP contribution is 2.28. The van der Waals surface area contributed by atoms with E-state index >= 15 is 0 Å². The van der Waals surface area contributed by atoms with E-state index in [-0.39, 0.29) is 5.56 Å².